The first kappa shape index (κ1) is 8.78. The molecule has 0 saturated heterocycles. The maximum absolute atomic E-state index is 10.5. The molecule has 12 heavy (non-hydrogen) atoms. The molecule has 2 nitrogen and oxygen atoms in total. The Morgan fingerprint density at radius 3 is 2.83 bits per heavy atom. The van der Waals surface area contributed by atoms with E-state index in [1.165, 1.54) is 0 Å². The molecule has 0 amide bonds. The van der Waals surface area contributed by atoms with Crippen LogP contribution in [0, 0.1) is 0 Å². The highest BCUT2D eigenvalue weighted by Gasteiger charge is 1.94. The van der Waals surface area contributed by atoms with Crippen molar-refractivity contribution in [1.29, 1.82) is 0 Å². The van der Waals surface area contributed by atoms with E-state index in [2.05, 4.69) is 0 Å². The van der Waals surface area contributed by atoms with Crippen LogP contribution in [0.3, 0.4) is 0 Å². The second-order valence-electron chi connectivity index (χ2n) is 2.73. The van der Waals surface area contributed by atoms with E-state index in [1.54, 1.807) is 0 Å². The first-order valence-electron chi connectivity index (χ1n) is 4.05. The van der Waals surface area contributed by atoms with Crippen LogP contribution in [0.2, 0.25) is 0 Å². The van der Waals surface area contributed by atoms with Gasteiger partial charge in [-0.2, -0.15) is 0 Å². The summed E-state index contributed by atoms with van der Waals surface area (Å²) < 4.78 is 1.99. The third kappa shape index (κ3) is 1.84. The van der Waals surface area contributed by atoms with Crippen molar-refractivity contribution >= 4 is 12.4 Å². The van der Waals surface area contributed by atoms with Crippen LogP contribution < -0.4 is 0 Å². The molecule has 0 aliphatic carbocycles. The van der Waals surface area contributed by atoms with Crippen molar-refractivity contribution in [2.24, 2.45) is 7.05 Å². The number of carbonyl (C=O) groups excluding carboxylic acids is 1. The Hall–Kier alpha value is -1.31. The number of rotatable bonds is 3. The smallest absolute Gasteiger partial charge is 0.146 e. The lowest BCUT2D eigenvalue weighted by molar-refractivity contribution is -0.104. The average Bonchev–Trinajstić information content (AvgIpc) is 2.47. The second kappa shape index (κ2) is 3.90. The first-order chi connectivity index (χ1) is 5.77. The molecule has 2 heteroatoms. The number of aromatic nitrogens is 1. The molecule has 1 aromatic rings. The second-order valence-corrected chi connectivity index (χ2v) is 2.73. The highest BCUT2D eigenvalue weighted by Crippen LogP contribution is 2.07. The summed E-state index contributed by atoms with van der Waals surface area (Å²) in [6.45, 7) is 1.98. The SMILES string of the molecule is CC/C(C=O)=C/c1cccn1C. The highest BCUT2D eigenvalue weighted by atomic mass is 16.1. The van der Waals surface area contributed by atoms with Gasteiger partial charge in [0.05, 0.1) is 0 Å². The van der Waals surface area contributed by atoms with Gasteiger partial charge in [-0.15, -0.1) is 0 Å². The summed E-state index contributed by atoms with van der Waals surface area (Å²) in [6, 6.07) is 3.95. The fourth-order valence-corrected chi connectivity index (χ4v) is 1.03. The Balaban J connectivity index is 2.92. The minimum Gasteiger partial charge on any atom is -0.351 e. The molecule has 0 unspecified atom stereocenters. The van der Waals surface area contributed by atoms with Crippen molar-refractivity contribution in [2.45, 2.75) is 13.3 Å². The summed E-state index contributed by atoms with van der Waals surface area (Å²) in [5.74, 6) is 0. The van der Waals surface area contributed by atoms with Gasteiger partial charge in [0.15, 0.2) is 0 Å². The van der Waals surface area contributed by atoms with Gasteiger partial charge in [-0.25, -0.2) is 0 Å². The summed E-state index contributed by atoms with van der Waals surface area (Å²) in [7, 11) is 1.96. The van der Waals surface area contributed by atoms with Crippen LogP contribution in [0.4, 0.5) is 0 Å². The Labute approximate surface area is 72.5 Å². The molecule has 0 aromatic carbocycles. The van der Waals surface area contributed by atoms with Crippen molar-refractivity contribution in [2.75, 3.05) is 0 Å². The number of aryl methyl sites for hydroxylation is 1. The molecule has 0 fully saturated rings. The topological polar surface area (TPSA) is 22.0 Å². The molecule has 0 radical (unpaired) electrons. The third-order valence-corrected chi connectivity index (χ3v) is 1.88. The zero-order chi connectivity index (χ0) is 8.97. The Morgan fingerprint density at radius 2 is 2.42 bits per heavy atom. The molecule has 0 spiro atoms. The molecule has 64 valence electrons. The Kier molecular flexibility index (Phi) is 2.86. The molecular formula is C10H13NO. The molecule has 1 heterocycles. The van der Waals surface area contributed by atoms with E-state index < -0.39 is 0 Å². The van der Waals surface area contributed by atoms with Gasteiger partial charge >= 0.3 is 0 Å². The molecule has 0 bridgehead atoms. The maximum atomic E-state index is 10.5. The van der Waals surface area contributed by atoms with Gasteiger partial charge < -0.3 is 4.57 Å². The standard InChI is InChI=1S/C10H13NO/c1-3-9(8-12)7-10-5-4-6-11(10)2/h4-8H,3H2,1-2H3/b9-7-. The highest BCUT2D eigenvalue weighted by molar-refractivity contribution is 5.80. The number of hydrogen-bond acceptors (Lipinski definition) is 1. The number of allylic oxidation sites excluding steroid dienone is 1. The van der Waals surface area contributed by atoms with Gasteiger partial charge in [0, 0.05) is 18.9 Å². The lowest BCUT2D eigenvalue weighted by Gasteiger charge is -1.97. The molecule has 0 atom stereocenters. The van der Waals surface area contributed by atoms with E-state index in [-0.39, 0.29) is 0 Å². The lowest BCUT2D eigenvalue weighted by atomic mass is 10.2. The molecule has 1 aromatic heterocycles. The van der Waals surface area contributed by atoms with Gasteiger partial charge in [-0.05, 0) is 30.2 Å². The minimum atomic E-state index is 0.786. The van der Waals surface area contributed by atoms with Crippen LogP contribution in [0.1, 0.15) is 19.0 Å². The molecule has 0 N–H and O–H groups in total. The van der Waals surface area contributed by atoms with Crippen molar-refractivity contribution in [3.63, 3.8) is 0 Å². The quantitative estimate of drug-likeness (QED) is 0.493. The summed E-state index contributed by atoms with van der Waals surface area (Å²) in [4.78, 5) is 10.5. The van der Waals surface area contributed by atoms with Crippen LogP contribution in [0.5, 0.6) is 0 Å². The largest absolute Gasteiger partial charge is 0.351 e. The molecule has 0 aliphatic rings. The summed E-state index contributed by atoms with van der Waals surface area (Å²) >= 11 is 0. The number of nitrogens with zero attached hydrogens (tertiary/aromatic N) is 1. The van der Waals surface area contributed by atoms with E-state index in [1.807, 2.05) is 42.9 Å². The molecular weight excluding hydrogens is 150 g/mol. The van der Waals surface area contributed by atoms with E-state index in [9.17, 15) is 4.79 Å². The zero-order valence-electron chi connectivity index (χ0n) is 7.45. The Bertz CT molecular complexity index is 297. The lowest BCUT2D eigenvalue weighted by Crippen LogP contribution is -1.89. The van der Waals surface area contributed by atoms with Crippen LogP contribution in [-0.2, 0) is 11.8 Å². The average molecular weight is 163 g/mol. The van der Waals surface area contributed by atoms with Crippen molar-refractivity contribution in [3.8, 4) is 0 Å². The monoisotopic (exact) mass is 163 g/mol. The van der Waals surface area contributed by atoms with E-state index in [0.717, 1.165) is 24.0 Å². The van der Waals surface area contributed by atoms with Gasteiger partial charge in [0.2, 0.25) is 0 Å². The molecule has 1 rings (SSSR count). The van der Waals surface area contributed by atoms with Crippen LogP contribution in [-0.4, -0.2) is 10.9 Å². The number of aldehydes is 1. The predicted octanol–water partition coefficient (Wildman–Crippen LogP) is 2.02. The van der Waals surface area contributed by atoms with Crippen molar-refractivity contribution < 1.29 is 4.79 Å². The van der Waals surface area contributed by atoms with Gasteiger partial charge in [-0.1, -0.05) is 6.92 Å². The predicted molar refractivity (Wildman–Crippen MR) is 49.7 cm³/mol. The van der Waals surface area contributed by atoms with Gasteiger partial charge in [0.1, 0.15) is 6.29 Å². The molecule has 0 aliphatic heterocycles. The maximum Gasteiger partial charge on any atom is 0.146 e. The summed E-state index contributed by atoms with van der Waals surface area (Å²) in [5, 5.41) is 0. The number of hydrogen-bond donors (Lipinski definition) is 0. The number of carbonyl (C=O) groups is 1. The minimum absolute atomic E-state index is 0.786. The fraction of sp³-hybridized carbons (Fsp3) is 0.300. The van der Waals surface area contributed by atoms with Crippen molar-refractivity contribution in [3.05, 3.63) is 29.6 Å². The van der Waals surface area contributed by atoms with Crippen molar-refractivity contribution in [1.82, 2.24) is 4.57 Å². The van der Waals surface area contributed by atoms with Crippen LogP contribution in [0.25, 0.3) is 6.08 Å². The van der Waals surface area contributed by atoms with E-state index in [0.29, 0.717) is 0 Å². The molecule has 0 saturated carbocycles. The third-order valence-electron chi connectivity index (χ3n) is 1.88. The van der Waals surface area contributed by atoms with Gasteiger partial charge in [-0.3, -0.25) is 4.79 Å². The van der Waals surface area contributed by atoms with E-state index >= 15 is 0 Å². The summed E-state index contributed by atoms with van der Waals surface area (Å²) in [5.41, 5.74) is 1.90. The fourth-order valence-electron chi connectivity index (χ4n) is 1.03. The zero-order valence-corrected chi connectivity index (χ0v) is 7.45. The van der Waals surface area contributed by atoms with E-state index in [4.69, 9.17) is 0 Å². The van der Waals surface area contributed by atoms with Crippen LogP contribution >= 0.6 is 0 Å². The Morgan fingerprint density at radius 1 is 1.67 bits per heavy atom. The van der Waals surface area contributed by atoms with Gasteiger partial charge in [0.25, 0.3) is 0 Å². The van der Waals surface area contributed by atoms with Crippen LogP contribution in [0.15, 0.2) is 23.9 Å². The normalized spacial score (nSPS) is 11.7. The first-order valence-corrected chi connectivity index (χ1v) is 4.05. The summed E-state index contributed by atoms with van der Waals surface area (Å²) in [6.07, 6.45) is 5.57.